The maximum Gasteiger partial charge on any atom is 0.345 e. The summed E-state index contributed by atoms with van der Waals surface area (Å²) in [5, 5.41) is 11.7. The number of carbonyl (C=O) groups is 2. The van der Waals surface area contributed by atoms with E-state index in [1.54, 1.807) is 23.9 Å². The third-order valence-electron chi connectivity index (χ3n) is 3.41. The number of thioether (sulfide) groups is 1. The van der Waals surface area contributed by atoms with Crippen molar-refractivity contribution in [2.75, 3.05) is 5.75 Å². The fourth-order valence-electron chi connectivity index (χ4n) is 1.93. The van der Waals surface area contributed by atoms with E-state index in [1.165, 1.54) is 27.4 Å². The monoisotopic (exact) mass is 349 g/mol. The van der Waals surface area contributed by atoms with Gasteiger partial charge in [-0.05, 0) is 49.2 Å². The van der Waals surface area contributed by atoms with Crippen molar-refractivity contribution in [1.82, 2.24) is 5.32 Å². The number of benzene rings is 1. The molecule has 122 valence electrons. The predicted octanol–water partition coefficient (Wildman–Crippen LogP) is 3.86. The summed E-state index contributed by atoms with van der Waals surface area (Å²) in [6.07, 6.45) is 0.439. The summed E-state index contributed by atoms with van der Waals surface area (Å²) in [7, 11) is 0. The number of nitrogens with one attached hydrogen (secondary N) is 1. The molecule has 1 aromatic heterocycles. The van der Waals surface area contributed by atoms with Crippen LogP contribution in [0.1, 0.15) is 32.1 Å². The van der Waals surface area contributed by atoms with Crippen molar-refractivity contribution in [2.45, 2.75) is 31.7 Å². The topological polar surface area (TPSA) is 66.4 Å². The zero-order valence-corrected chi connectivity index (χ0v) is 14.7. The second-order valence-corrected chi connectivity index (χ2v) is 7.53. The number of carbonyl (C=O) groups excluding carboxylic acids is 1. The van der Waals surface area contributed by atoms with E-state index in [0.717, 1.165) is 10.6 Å². The highest BCUT2D eigenvalue weighted by Crippen LogP contribution is 2.21. The molecule has 0 aliphatic heterocycles. The van der Waals surface area contributed by atoms with Crippen molar-refractivity contribution >= 4 is 35.0 Å². The molecule has 0 unspecified atom stereocenters. The summed E-state index contributed by atoms with van der Waals surface area (Å²) in [6, 6.07) is 9.60. The smallest absolute Gasteiger partial charge is 0.345 e. The highest BCUT2D eigenvalue weighted by atomic mass is 32.2. The van der Waals surface area contributed by atoms with Crippen LogP contribution < -0.4 is 5.32 Å². The standard InChI is InChI=1S/C17H19NO3S2/c1-11-3-4-13(9-12(11)2)22-8-7-16(19)18-10-14-5-6-15(23-14)17(20)21/h3-6,9H,7-8,10H2,1-2H3,(H,18,19)(H,20,21). The number of rotatable bonds is 7. The number of hydrogen-bond donors (Lipinski definition) is 2. The molecule has 0 spiro atoms. The molecule has 23 heavy (non-hydrogen) atoms. The van der Waals surface area contributed by atoms with Crippen LogP contribution in [-0.4, -0.2) is 22.7 Å². The number of thiophene rings is 1. The number of carboxylic acids is 1. The molecule has 0 fully saturated rings. The minimum Gasteiger partial charge on any atom is -0.477 e. The summed E-state index contributed by atoms with van der Waals surface area (Å²) < 4.78 is 0. The molecule has 1 heterocycles. The van der Waals surface area contributed by atoms with Crippen molar-refractivity contribution in [3.05, 3.63) is 51.2 Å². The van der Waals surface area contributed by atoms with Crippen LogP contribution in [0.3, 0.4) is 0 Å². The van der Waals surface area contributed by atoms with Gasteiger partial charge in [-0.1, -0.05) is 6.07 Å². The van der Waals surface area contributed by atoms with Gasteiger partial charge >= 0.3 is 5.97 Å². The summed E-state index contributed by atoms with van der Waals surface area (Å²) >= 11 is 2.85. The molecule has 0 atom stereocenters. The minimum atomic E-state index is -0.933. The first kappa shape index (κ1) is 17.6. The van der Waals surface area contributed by atoms with Crippen LogP contribution in [0.4, 0.5) is 0 Å². The highest BCUT2D eigenvalue weighted by Gasteiger charge is 2.08. The van der Waals surface area contributed by atoms with Crippen LogP contribution in [-0.2, 0) is 11.3 Å². The van der Waals surface area contributed by atoms with Crippen LogP contribution >= 0.6 is 23.1 Å². The van der Waals surface area contributed by atoms with Crippen LogP contribution in [0.5, 0.6) is 0 Å². The van der Waals surface area contributed by atoms with Crippen LogP contribution in [0.25, 0.3) is 0 Å². The zero-order chi connectivity index (χ0) is 16.8. The van der Waals surface area contributed by atoms with E-state index in [1.807, 2.05) is 0 Å². The molecule has 0 saturated heterocycles. The van der Waals surface area contributed by atoms with Crippen molar-refractivity contribution in [3.8, 4) is 0 Å². The maximum absolute atomic E-state index is 11.8. The van der Waals surface area contributed by atoms with Crippen LogP contribution in [0.2, 0.25) is 0 Å². The van der Waals surface area contributed by atoms with E-state index in [9.17, 15) is 9.59 Å². The lowest BCUT2D eigenvalue weighted by atomic mass is 10.1. The van der Waals surface area contributed by atoms with Crippen LogP contribution in [0, 0.1) is 13.8 Å². The molecule has 1 aromatic carbocycles. The molecular formula is C17H19NO3S2. The lowest BCUT2D eigenvalue weighted by Crippen LogP contribution is -2.22. The summed E-state index contributed by atoms with van der Waals surface area (Å²) in [6.45, 7) is 4.54. The molecule has 2 aromatic rings. The average Bonchev–Trinajstić information content (AvgIpc) is 2.98. The van der Waals surface area contributed by atoms with E-state index in [4.69, 9.17) is 5.11 Å². The molecule has 0 bridgehead atoms. The van der Waals surface area contributed by atoms with E-state index < -0.39 is 5.97 Å². The maximum atomic E-state index is 11.8. The highest BCUT2D eigenvalue weighted by molar-refractivity contribution is 7.99. The Kier molecular flexibility index (Phi) is 6.24. The second kappa shape index (κ2) is 8.17. The van der Waals surface area contributed by atoms with Crippen molar-refractivity contribution in [3.63, 3.8) is 0 Å². The van der Waals surface area contributed by atoms with Crippen LogP contribution in [0.15, 0.2) is 35.2 Å². The van der Waals surface area contributed by atoms with Gasteiger partial charge in [0.25, 0.3) is 0 Å². The van der Waals surface area contributed by atoms with Gasteiger partial charge in [0.1, 0.15) is 4.88 Å². The number of carboxylic acid groups (broad SMARTS) is 1. The Labute approximate surface area is 143 Å². The third-order valence-corrected chi connectivity index (χ3v) is 5.48. The number of aromatic carboxylic acids is 1. The van der Waals surface area contributed by atoms with E-state index in [2.05, 4.69) is 37.4 Å². The Hall–Kier alpha value is -1.79. The molecule has 1 amide bonds. The molecular weight excluding hydrogens is 330 g/mol. The Bertz CT molecular complexity index is 710. The summed E-state index contributed by atoms with van der Waals surface area (Å²) in [5.41, 5.74) is 2.52. The van der Waals surface area contributed by atoms with Gasteiger partial charge in [-0.25, -0.2) is 4.79 Å². The largest absolute Gasteiger partial charge is 0.477 e. The normalized spacial score (nSPS) is 10.5. The van der Waals surface area contributed by atoms with E-state index >= 15 is 0 Å². The van der Waals surface area contributed by atoms with Gasteiger partial charge in [0.2, 0.25) is 5.91 Å². The van der Waals surface area contributed by atoms with Crippen molar-refractivity contribution in [2.24, 2.45) is 0 Å². The van der Waals surface area contributed by atoms with Crippen molar-refractivity contribution < 1.29 is 14.7 Å². The van der Waals surface area contributed by atoms with Gasteiger partial charge < -0.3 is 10.4 Å². The van der Waals surface area contributed by atoms with Gasteiger partial charge in [0.05, 0.1) is 6.54 Å². The number of hydrogen-bond acceptors (Lipinski definition) is 4. The van der Waals surface area contributed by atoms with Gasteiger partial charge in [-0.2, -0.15) is 0 Å². The third kappa shape index (κ3) is 5.41. The molecule has 2 rings (SSSR count). The Morgan fingerprint density at radius 2 is 1.96 bits per heavy atom. The molecule has 0 aliphatic rings. The Balaban J connectivity index is 1.72. The second-order valence-electron chi connectivity index (χ2n) is 5.19. The first-order valence-electron chi connectivity index (χ1n) is 7.24. The first-order chi connectivity index (χ1) is 11.0. The molecule has 0 saturated carbocycles. The van der Waals surface area contributed by atoms with Gasteiger partial charge in [0.15, 0.2) is 0 Å². The SMILES string of the molecule is Cc1ccc(SCCC(=O)NCc2ccc(C(=O)O)s2)cc1C. The average molecular weight is 349 g/mol. The Morgan fingerprint density at radius 1 is 1.17 bits per heavy atom. The fraction of sp³-hybridized carbons (Fsp3) is 0.294. The van der Waals surface area contributed by atoms with E-state index in [-0.39, 0.29) is 5.91 Å². The molecule has 0 aliphatic carbocycles. The molecule has 6 heteroatoms. The van der Waals surface area contributed by atoms with Gasteiger partial charge in [-0.15, -0.1) is 23.1 Å². The summed E-state index contributed by atoms with van der Waals surface area (Å²) in [5.74, 6) is -0.233. The molecule has 0 radical (unpaired) electrons. The van der Waals surface area contributed by atoms with Gasteiger partial charge in [0, 0.05) is 21.9 Å². The number of aryl methyl sites for hydroxylation is 2. The molecule has 2 N–H and O–H groups in total. The van der Waals surface area contributed by atoms with Crippen molar-refractivity contribution in [1.29, 1.82) is 0 Å². The quantitative estimate of drug-likeness (QED) is 0.745. The first-order valence-corrected chi connectivity index (χ1v) is 9.04. The Morgan fingerprint density at radius 3 is 2.61 bits per heavy atom. The number of amides is 1. The fourth-order valence-corrected chi connectivity index (χ4v) is 3.66. The lowest BCUT2D eigenvalue weighted by Gasteiger charge is -2.06. The van der Waals surface area contributed by atoms with Gasteiger partial charge in [-0.3, -0.25) is 4.79 Å². The minimum absolute atomic E-state index is 0.0217. The molecule has 4 nitrogen and oxygen atoms in total. The lowest BCUT2D eigenvalue weighted by molar-refractivity contribution is -0.120. The predicted molar refractivity (Wildman–Crippen MR) is 94.4 cm³/mol. The summed E-state index contributed by atoms with van der Waals surface area (Å²) in [4.78, 5) is 24.9. The van der Waals surface area contributed by atoms with E-state index in [0.29, 0.717) is 17.8 Å². The zero-order valence-electron chi connectivity index (χ0n) is 13.1.